The van der Waals surface area contributed by atoms with Gasteiger partial charge in [0.2, 0.25) is 0 Å². The zero-order valence-corrected chi connectivity index (χ0v) is 12.7. The molecule has 0 bridgehead atoms. The summed E-state index contributed by atoms with van der Waals surface area (Å²) in [5, 5.41) is 0. The van der Waals surface area contributed by atoms with E-state index in [0.29, 0.717) is 26.2 Å². The zero-order chi connectivity index (χ0) is 13.4. The van der Waals surface area contributed by atoms with Crippen molar-refractivity contribution in [1.29, 1.82) is 0 Å². The maximum atomic E-state index is 12.5. The Morgan fingerprint density at radius 3 is 1.89 bits per heavy atom. The van der Waals surface area contributed by atoms with Crippen molar-refractivity contribution in [1.82, 2.24) is 8.61 Å². The van der Waals surface area contributed by atoms with Gasteiger partial charge in [-0.3, -0.25) is 0 Å². The Morgan fingerprint density at radius 1 is 0.944 bits per heavy atom. The van der Waals surface area contributed by atoms with Crippen molar-refractivity contribution in [3.05, 3.63) is 0 Å². The number of unbranched alkanes of at least 4 members (excludes halogenated alkanes) is 2. The molecule has 5 heteroatoms. The number of hydrogen-bond donors (Lipinski definition) is 0. The molecule has 108 valence electrons. The molecule has 0 amide bonds. The summed E-state index contributed by atoms with van der Waals surface area (Å²) < 4.78 is 28.5. The lowest BCUT2D eigenvalue weighted by Gasteiger charge is -2.32. The lowest BCUT2D eigenvalue weighted by Crippen LogP contribution is -2.46. The molecule has 0 saturated carbocycles. The highest BCUT2D eigenvalue weighted by Gasteiger charge is 2.29. The topological polar surface area (TPSA) is 40.6 Å². The van der Waals surface area contributed by atoms with Crippen LogP contribution in [0, 0.1) is 0 Å². The second kappa shape index (κ2) is 8.12. The summed E-state index contributed by atoms with van der Waals surface area (Å²) in [6.45, 7) is 6.97. The molecule has 0 aromatic heterocycles. The van der Waals surface area contributed by atoms with Crippen LogP contribution in [0.15, 0.2) is 0 Å². The van der Waals surface area contributed by atoms with Gasteiger partial charge in [-0.15, -0.1) is 0 Å². The molecule has 1 rings (SSSR count). The fraction of sp³-hybridized carbons (Fsp3) is 1.00. The van der Waals surface area contributed by atoms with Crippen LogP contribution in [0.25, 0.3) is 0 Å². The average molecular weight is 276 g/mol. The third kappa shape index (κ3) is 4.52. The Bertz CT molecular complexity index is 303. The largest absolute Gasteiger partial charge is 0.281 e. The molecular formula is C13H28N2O2S. The van der Waals surface area contributed by atoms with Crippen molar-refractivity contribution < 1.29 is 8.42 Å². The summed E-state index contributed by atoms with van der Waals surface area (Å²) in [7, 11) is -3.20. The first-order valence-electron chi connectivity index (χ1n) is 7.38. The van der Waals surface area contributed by atoms with Gasteiger partial charge in [0.1, 0.15) is 0 Å². The van der Waals surface area contributed by atoms with Crippen LogP contribution in [0.4, 0.5) is 0 Å². The molecule has 1 saturated heterocycles. The van der Waals surface area contributed by atoms with E-state index in [9.17, 15) is 8.42 Å². The minimum atomic E-state index is -3.20. The smallest absolute Gasteiger partial charge is 0.195 e. The number of nitrogens with zero attached hydrogens (tertiary/aromatic N) is 2. The maximum Gasteiger partial charge on any atom is 0.281 e. The first kappa shape index (κ1) is 15.9. The van der Waals surface area contributed by atoms with Crippen LogP contribution in [-0.2, 0) is 10.2 Å². The molecule has 1 fully saturated rings. The standard InChI is InChI=1S/C13H28N2O2S/c1-3-5-10-14(11-6-4-2)18(16,17)15-12-8-7-9-13-15/h3-13H2,1-2H3. The Kier molecular flexibility index (Phi) is 7.19. The molecule has 0 unspecified atom stereocenters. The van der Waals surface area contributed by atoms with Crippen LogP contribution < -0.4 is 0 Å². The fourth-order valence-electron chi connectivity index (χ4n) is 2.27. The minimum Gasteiger partial charge on any atom is -0.195 e. The van der Waals surface area contributed by atoms with Gasteiger partial charge in [0.15, 0.2) is 0 Å². The molecule has 1 aliphatic heterocycles. The molecule has 0 spiro atoms. The van der Waals surface area contributed by atoms with Crippen LogP contribution >= 0.6 is 0 Å². The molecular weight excluding hydrogens is 248 g/mol. The molecule has 0 aliphatic carbocycles. The van der Waals surface area contributed by atoms with E-state index in [1.165, 1.54) is 0 Å². The molecule has 0 atom stereocenters. The summed E-state index contributed by atoms with van der Waals surface area (Å²) in [6.07, 6.45) is 7.17. The zero-order valence-electron chi connectivity index (χ0n) is 11.9. The van der Waals surface area contributed by atoms with Gasteiger partial charge in [-0.1, -0.05) is 33.1 Å². The summed E-state index contributed by atoms with van der Waals surface area (Å²) in [6, 6.07) is 0. The van der Waals surface area contributed by atoms with Crippen LogP contribution in [0.5, 0.6) is 0 Å². The highest BCUT2D eigenvalue weighted by Crippen LogP contribution is 2.17. The predicted molar refractivity (Wildman–Crippen MR) is 75.7 cm³/mol. The molecule has 1 heterocycles. The molecule has 0 radical (unpaired) electrons. The first-order chi connectivity index (χ1) is 8.62. The monoisotopic (exact) mass is 276 g/mol. The van der Waals surface area contributed by atoms with Crippen molar-refractivity contribution in [2.24, 2.45) is 0 Å². The summed E-state index contributed by atoms with van der Waals surface area (Å²) in [5.74, 6) is 0. The van der Waals surface area contributed by atoms with Crippen molar-refractivity contribution in [3.63, 3.8) is 0 Å². The van der Waals surface area contributed by atoms with E-state index in [0.717, 1.165) is 44.9 Å². The fourth-order valence-corrected chi connectivity index (χ4v) is 4.04. The lowest BCUT2D eigenvalue weighted by atomic mass is 10.2. The highest BCUT2D eigenvalue weighted by molar-refractivity contribution is 7.86. The third-order valence-corrected chi connectivity index (χ3v) is 5.53. The summed E-state index contributed by atoms with van der Waals surface area (Å²) in [4.78, 5) is 0. The maximum absolute atomic E-state index is 12.5. The van der Waals surface area contributed by atoms with E-state index in [4.69, 9.17) is 0 Å². The van der Waals surface area contributed by atoms with E-state index in [2.05, 4.69) is 13.8 Å². The van der Waals surface area contributed by atoms with E-state index in [-0.39, 0.29) is 0 Å². The molecule has 1 aliphatic rings. The Hall–Kier alpha value is -0.130. The second-order valence-corrected chi connectivity index (χ2v) is 7.00. The quantitative estimate of drug-likeness (QED) is 0.684. The summed E-state index contributed by atoms with van der Waals surface area (Å²) >= 11 is 0. The van der Waals surface area contributed by atoms with Crippen LogP contribution in [0.3, 0.4) is 0 Å². The molecule has 18 heavy (non-hydrogen) atoms. The second-order valence-electron chi connectivity index (χ2n) is 5.07. The Morgan fingerprint density at radius 2 is 1.44 bits per heavy atom. The first-order valence-corrected chi connectivity index (χ1v) is 8.77. The lowest BCUT2D eigenvalue weighted by molar-refractivity contribution is 0.298. The summed E-state index contributed by atoms with van der Waals surface area (Å²) in [5.41, 5.74) is 0. The van der Waals surface area contributed by atoms with Crippen molar-refractivity contribution in [2.45, 2.75) is 58.8 Å². The van der Waals surface area contributed by atoms with Gasteiger partial charge in [0.25, 0.3) is 10.2 Å². The number of piperidine rings is 1. The van der Waals surface area contributed by atoms with E-state index < -0.39 is 10.2 Å². The van der Waals surface area contributed by atoms with Crippen molar-refractivity contribution in [2.75, 3.05) is 26.2 Å². The van der Waals surface area contributed by atoms with Gasteiger partial charge in [0.05, 0.1) is 0 Å². The van der Waals surface area contributed by atoms with Crippen molar-refractivity contribution in [3.8, 4) is 0 Å². The van der Waals surface area contributed by atoms with Gasteiger partial charge in [-0.05, 0) is 25.7 Å². The average Bonchev–Trinajstić information content (AvgIpc) is 2.39. The van der Waals surface area contributed by atoms with E-state index in [1.807, 2.05) is 0 Å². The Labute approximate surface area is 113 Å². The van der Waals surface area contributed by atoms with Gasteiger partial charge in [-0.25, -0.2) is 0 Å². The van der Waals surface area contributed by atoms with Gasteiger partial charge in [-0.2, -0.15) is 17.0 Å². The number of hydrogen-bond acceptors (Lipinski definition) is 2. The van der Waals surface area contributed by atoms with Gasteiger partial charge < -0.3 is 0 Å². The highest BCUT2D eigenvalue weighted by atomic mass is 32.2. The number of rotatable bonds is 8. The molecule has 4 nitrogen and oxygen atoms in total. The van der Waals surface area contributed by atoms with E-state index in [1.54, 1.807) is 8.61 Å². The van der Waals surface area contributed by atoms with Crippen molar-refractivity contribution >= 4 is 10.2 Å². The SMILES string of the molecule is CCCCN(CCCC)S(=O)(=O)N1CCCCC1. The molecule has 0 N–H and O–H groups in total. The van der Waals surface area contributed by atoms with E-state index >= 15 is 0 Å². The van der Waals surface area contributed by atoms with Crippen LogP contribution in [0.2, 0.25) is 0 Å². The van der Waals surface area contributed by atoms with Gasteiger partial charge in [0, 0.05) is 26.2 Å². The van der Waals surface area contributed by atoms with Crippen LogP contribution in [-0.4, -0.2) is 43.2 Å². The molecule has 0 aromatic carbocycles. The minimum absolute atomic E-state index is 0.676. The van der Waals surface area contributed by atoms with Crippen LogP contribution in [0.1, 0.15) is 58.8 Å². The predicted octanol–water partition coefficient (Wildman–Crippen LogP) is 2.62. The third-order valence-electron chi connectivity index (χ3n) is 3.49. The molecule has 0 aromatic rings. The normalized spacial score (nSPS) is 18.4. The Balaban J connectivity index is 2.66. The van der Waals surface area contributed by atoms with Gasteiger partial charge >= 0.3 is 0 Å².